The molecule has 188 valence electrons. The van der Waals surface area contributed by atoms with Crippen LogP contribution in [0.4, 0.5) is 21.9 Å². The van der Waals surface area contributed by atoms with E-state index in [9.17, 15) is 14.7 Å². The van der Waals surface area contributed by atoms with Gasteiger partial charge in [0.05, 0.1) is 28.0 Å². The van der Waals surface area contributed by atoms with E-state index in [1.807, 2.05) is 6.07 Å². The molecule has 3 N–H and O–H groups in total. The second-order valence-corrected chi connectivity index (χ2v) is 9.76. The molecule has 3 rings (SSSR count). The number of rotatable bonds is 9. The van der Waals surface area contributed by atoms with Gasteiger partial charge in [-0.25, -0.2) is 9.59 Å². The van der Waals surface area contributed by atoms with E-state index in [1.54, 1.807) is 48.7 Å². The first-order valence-electron chi connectivity index (χ1n) is 11.7. The number of nitrogens with zero attached hydrogens (tertiary/aromatic N) is 3. The molecule has 0 fully saturated rings. The van der Waals surface area contributed by atoms with Crippen molar-refractivity contribution < 1.29 is 14.7 Å². The molecule has 8 nitrogen and oxygen atoms in total. The van der Waals surface area contributed by atoms with E-state index in [0.717, 1.165) is 0 Å². The first kappa shape index (κ1) is 26.6. The largest absolute Gasteiger partial charge is 0.477 e. The van der Waals surface area contributed by atoms with Crippen LogP contribution in [0.15, 0.2) is 54.7 Å². The van der Waals surface area contributed by atoms with Crippen molar-refractivity contribution in [2.45, 2.75) is 27.7 Å². The summed E-state index contributed by atoms with van der Waals surface area (Å²) in [5.41, 5.74) is 2.72. The van der Waals surface area contributed by atoms with Crippen LogP contribution in [0.1, 0.15) is 43.7 Å². The topological polar surface area (TPSA) is 110 Å². The monoisotopic (exact) mass is 507 g/mol. The molecule has 0 atom stereocenters. The highest BCUT2D eigenvalue weighted by molar-refractivity contribution is 6.34. The minimum absolute atomic E-state index is 0.0769. The van der Waals surface area contributed by atoms with E-state index in [2.05, 4.69) is 43.2 Å². The van der Waals surface area contributed by atoms with Crippen LogP contribution >= 0.6 is 11.6 Å². The van der Waals surface area contributed by atoms with Crippen LogP contribution in [0.2, 0.25) is 5.02 Å². The van der Waals surface area contributed by atoms with Gasteiger partial charge in [0, 0.05) is 30.7 Å². The minimum atomic E-state index is -1.07. The molecule has 0 aliphatic rings. The minimum Gasteiger partial charge on any atom is -0.477 e. The third-order valence-corrected chi connectivity index (χ3v) is 5.59. The van der Waals surface area contributed by atoms with Gasteiger partial charge in [-0.1, -0.05) is 39.3 Å². The number of aromatic carboxylic acids is 1. The fourth-order valence-electron chi connectivity index (χ4n) is 3.97. The highest BCUT2D eigenvalue weighted by atomic mass is 35.5. The van der Waals surface area contributed by atoms with Gasteiger partial charge < -0.3 is 25.2 Å². The number of carbonyl (C=O) groups is 2. The zero-order chi connectivity index (χ0) is 26.4. The Kier molecular flexibility index (Phi) is 8.62. The van der Waals surface area contributed by atoms with E-state index >= 15 is 0 Å². The Morgan fingerprint density at radius 3 is 2.25 bits per heavy atom. The number of nitrogens with one attached hydrogen (secondary N) is 2. The number of carbonyl (C=O) groups excluding carboxylic acids is 1. The second-order valence-electron chi connectivity index (χ2n) is 9.35. The van der Waals surface area contributed by atoms with Crippen molar-refractivity contribution in [1.82, 2.24) is 4.57 Å². The quantitative estimate of drug-likeness (QED) is 0.307. The van der Waals surface area contributed by atoms with E-state index in [0.29, 0.717) is 58.3 Å². The molecule has 0 aliphatic carbocycles. The molecule has 2 amide bonds. The van der Waals surface area contributed by atoms with Crippen LogP contribution < -0.4 is 15.5 Å². The molecule has 3 aromatic rings. The van der Waals surface area contributed by atoms with Crippen molar-refractivity contribution in [2.24, 2.45) is 11.8 Å². The standard InChI is InChI=1S/C27H30ClN5O3/c1-17(2)15-32(16-18(3)4)25-22(28)12-21(33-11-5-6-24(33)26(34)35)13-23(25)31-27(36)30-20-9-7-19(14-29)8-10-20/h5-13,17-18H,15-16H2,1-4H3,(H,34,35)(H2,30,31,36). The fraction of sp³-hybridized carbons (Fsp3) is 0.296. The number of nitriles is 1. The SMILES string of the molecule is CC(C)CN(CC(C)C)c1c(Cl)cc(-n2cccc2C(=O)O)cc1NC(=O)Nc1ccc(C#N)cc1. The normalized spacial score (nSPS) is 10.8. The second kappa shape index (κ2) is 11.6. The van der Waals surface area contributed by atoms with Crippen molar-refractivity contribution in [3.8, 4) is 11.8 Å². The van der Waals surface area contributed by atoms with Gasteiger partial charge in [0.15, 0.2) is 0 Å². The lowest BCUT2D eigenvalue weighted by molar-refractivity contribution is 0.0688. The Morgan fingerprint density at radius 2 is 1.69 bits per heavy atom. The van der Waals surface area contributed by atoms with Crippen LogP contribution in [0.5, 0.6) is 0 Å². The fourth-order valence-corrected chi connectivity index (χ4v) is 4.31. The lowest BCUT2D eigenvalue weighted by Crippen LogP contribution is -2.33. The van der Waals surface area contributed by atoms with E-state index < -0.39 is 12.0 Å². The maximum absolute atomic E-state index is 13.0. The van der Waals surface area contributed by atoms with Gasteiger partial charge in [0.25, 0.3) is 0 Å². The first-order valence-corrected chi connectivity index (χ1v) is 12.0. The Labute approximate surface area is 216 Å². The van der Waals surface area contributed by atoms with Crippen molar-refractivity contribution in [3.63, 3.8) is 0 Å². The molecule has 0 spiro atoms. The van der Waals surface area contributed by atoms with Gasteiger partial charge in [0.2, 0.25) is 0 Å². The van der Waals surface area contributed by atoms with E-state index in [4.69, 9.17) is 16.9 Å². The summed E-state index contributed by atoms with van der Waals surface area (Å²) in [7, 11) is 0. The highest BCUT2D eigenvalue weighted by Gasteiger charge is 2.22. The number of benzene rings is 2. The van der Waals surface area contributed by atoms with Crippen LogP contribution in [-0.4, -0.2) is 34.8 Å². The number of urea groups is 1. The molecule has 0 radical (unpaired) electrons. The summed E-state index contributed by atoms with van der Waals surface area (Å²) in [6, 6.07) is 14.6. The molecule has 0 saturated carbocycles. The molecule has 9 heteroatoms. The summed E-state index contributed by atoms with van der Waals surface area (Å²) in [6.45, 7) is 9.87. The molecule has 0 bridgehead atoms. The average Bonchev–Trinajstić information content (AvgIpc) is 3.29. The summed E-state index contributed by atoms with van der Waals surface area (Å²) in [6.07, 6.45) is 1.63. The van der Waals surface area contributed by atoms with Gasteiger partial charge in [-0.15, -0.1) is 0 Å². The summed E-state index contributed by atoms with van der Waals surface area (Å²) in [5, 5.41) is 24.6. The Hall–Kier alpha value is -3.96. The molecule has 0 aliphatic heterocycles. The van der Waals surface area contributed by atoms with Gasteiger partial charge >= 0.3 is 12.0 Å². The number of halogens is 1. The number of anilines is 3. The Bertz CT molecular complexity index is 1270. The lowest BCUT2D eigenvalue weighted by atomic mass is 10.1. The highest BCUT2D eigenvalue weighted by Crippen LogP contribution is 2.38. The molecule has 36 heavy (non-hydrogen) atoms. The third kappa shape index (κ3) is 6.58. The number of aromatic nitrogens is 1. The van der Waals surface area contributed by atoms with Crippen molar-refractivity contribution in [1.29, 1.82) is 5.26 Å². The number of hydrogen-bond acceptors (Lipinski definition) is 4. The Balaban J connectivity index is 2.06. The average molecular weight is 508 g/mol. The predicted octanol–water partition coefficient (Wildman–Crippen LogP) is 6.46. The van der Waals surface area contributed by atoms with Crippen LogP contribution in [0, 0.1) is 23.2 Å². The molecular formula is C27H30ClN5O3. The third-order valence-electron chi connectivity index (χ3n) is 5.30. The van der Waals surface area contributed by atoms with Crippen molar-refractivity contribution in [2.75, 3.05) is 28.6 Å². The molecule has 2 aromatic carbocycles. The van der Waals surface area contributed by atoms with E-state index in [-0.39, 0.29) is 5.69 Å². The lowest BCUT2D eigenvalue weighted by Gasteiger charge is -2.31. The molecule has 1 heterocycles. The van der Waals surface area contributed by atoms with Crippen LogP contribution in [0.25, 0.3) is 5.69 Å². The van der Waals surface area contributed by atoms with E-state index in [1.165, 1.54) is 10.6 Å². The summed E-state index contributed by atoms with van der Waals surface area (Å²) < 4.78 is 1.51. The molecular weight excluding hydrogens is 478 g/mol. The summed E-state index contributed by atoms with van der Waals surface area (Å²) >= 11 is 6.82. The molecule has 1 aromatic heterocycles. The number of carboxylic acid groups (broad SMARTS) is 1. The van der Waals surface area contributed by atoms with Gasteiger partial charge in [-0.05, 0) is 60.4 Å². The summed E-state index contributed by atoms with van der Waals surface area (Å²) in [5.74, 6) is -0.403. The van der Waals surface area contributed by atoms with Crippen LogP contribution in [-0.2, 0) is 0 Å². The van der Waals surface area contributed by atoms with Gasteiger partial charge in [0.1, 0.15) is 5.69 Å². The molecule has 0 saturated heterocycles. The number of amides is 2. The Morgan fingerprint density at radius 1 is 1.06 bits per heavy atom. The predicted molar refractivity (Wildman–Crippen MR) is 143 cm³/mol. The van der Waals surface area contributed by atoms with Crippen molar-refractivity contribution >= 4 is 40.7 Å². The van der Waals surface area contributed by atoms with Crippen LogP contribution in [0.3, 0.4) is 0 Å². The smallest absolute Gasteiger partial charge is 0.352 e. The maximum atomic E-state index is 13.0. The van der Waals surface area contributed by atoms with Crippen molar-refractivity contribution in [3.05, 3.63) is 71.0 Å². The maximum Gasteiger partial charge on any atom is 0.352 e. The zero-order valence-corrected chi connectivity index (χ0v) is 21.5. The van der Waals surface area contributed by atoms with Gasteiger partial charge in [-0.3, -0.25) is 0 Å². The summed E-state index contributed by atoms with van der Waals surface area (Å²) in [4.78, 5) is 26.8. The van der Waals surface area contributed by atoms with Gasteiger partial charge in [-0.2, -0.15) is 5.26 Å². The first-order chi connectivity index (χ1) is 17.1. The number of hydrogen-bond donors (Lipinski definition) is 3. The molecule has 0 unspecified atom stereocenters. The zero-order valence-electron chi connectivity index (χ0n) is 20.7. The number of carboxylic acids is 1.